The molecule has 2 aromatic heterocycles. The Morgan fingerprint density at radius 3 is 2.85 bits per heavy atom. The molecule has 0 saturated heterocycles. The predicted octanol–water partition coefficient (Wildman–Crippen LogP) is 3.80. The summed E-state index contributed by atoms with van der Waals surface area (Å²) in [5.74, 6) is 0.587. The van der Waals surface area contributed by atoms with Gasteiger partial charge in [0, 0.05) is 37.1 Å². The lowest BCUT2D eigenvalue weighted by molar-refractivity contribution is -0.384. The Bertz CT molecular complexity index is 1130. The molecule has 9 heteroatoms. The average molecular weight is 378 g/mol. The molecule has 4 rings (SSSR count). The summed E-state index contributed by atoms with van der Waals surface area (Å²) < 4.78 is 2.85. The number of anilines is 1. The monoisotopic (exact) mass is 378 g/mol. The zero-order chi connectivity index (χ0) is 18.8. The van der Waals surface area contributed by atoms with Crippen LogP contribution in [0.5, 0.6) is 0 Å². The number of para-hydroxylation sites is 1. The van der Waals surface area contributed by atoms with Gasteiger partial charge >= 0.3 is 0 Å². The molecular formula is C18H14N6O2S. The highest BCUT2D eigenvalue weighted by Gasteiger charge is 2.16. The van der Waals surface area contributed by atoms with Gasteiger partial charge in [-0.25, -0.2) is 9.97 Å². The summed E-state index contributed by atoms with van der Waals surface area (Å²) in [6.45, 7) is 0. The number of nitrogens with zero attached hydrogens (tertiary/aromatic N) is 5. The number of hydrogen-bond acceptors (Lipinski definition) is 7. The molecule has 0 spiro atoms. The molecule has 0 aliphatic rings. The van der Waals surface area contributed by atoms with E-state index in [0.29, 0.717) is 22.2 Å². The van der Waals surface area contributed by atoms with E-state index in [1.54, 1.807) is 29.1 Å². The average Bonchev–Trinajstić information content (AvgIpc) is 3.28. The fourth-order valence-corrected chi connectivity index (χ4v) is 3.44. The van der Waals surface area contributed by atoms with E-state index in [4.69, 9.17) is 0 Å². The summed E-state index contributed by atoms with van der Waals surface area (Å²) in [6, 6.07) is 14.1. The number of imidazole rings is 1. The zero-order valence-electron chi connectivity index (χ0n) is 14.2. The van der Waals surface area contributed by atoms with Crippen molar-refractivity contribution >= 4 is 38.1 Å². The van der Waals surface area contributed by atoms with Crippen LogP contribution >= 0.6 is 11.3 Å². The number of nitro benzene ring substituents is 1. The van der Waals surface area contributed by atoms with Crippen molar-refractivity contribution in [2.75, 3.05) is 5.43 Å². The number of aryl methyl sites for hydroxylation is 1. The lowest BCUT2D eigenvalue weighted by Gasteiger charge is -2.07. The van der Waals surface area contributed by atoms with Crippen molar-refractivity contribution in [2.45, 2.75) is 0 Å². The topological polar surface area (TPSA) is 98.2 Å². The van der Waals surface area contributed by atoms with Crippen LogP contribution in [-0.2, 0) is 7.05 Å². The van der Waals surface area contributed by atoms with Gasteiger partial charge in [0.1, 0.15) is 5.71 Å². The Morgan fingerprint density at radius 2 is 2.11 bits per heavy atom. The third-order valence-electron chi connectivity index (χ3n) is 3.92. The number of thiazole rings is 1. The van der Waals surface area contributed by atoms with Gasteiger partial charge in [0.25, 0.3) is 5.69 Å². The maximum atomic E-state index is 11.1. The second kappa shape index (κ2) is 6.96. The third kappa shape index (κ3) is 3.40. The van der Waals surface area contributed by atoms with Crippen LogP contribution in [0.3, 0.4) is 0 Å². The summed E-state index contributed by atoms with van der Waals surface area (Å²) in [6.07, 6.45) is 3.44. The van der Waals surface area contributed by atoms with Gasteiger partial charge in [-0.15, -0.1) is 0 Å². The van der Waals surface area contributed by atoms with Gasteiger partial charge in [-0.1, -0.05) is 35.6 Å². The van der Waals surface area contributed by atoms with Crippen molar-refractivity contribution in [1.29, 1.82) is 0 Å². The quantitative estimate of drug-likeness (QED) is 0.323. The van der Waals surface area contributed by atoms with E-state index in [1.165, 1.54) is 23.5 Å². The molecule has 2 aromatic carbocycles. The second-order valence-electron chi connectivity index (χ2n) is 5.73. The number of hydrogen-bond donors (Lipinski definition) is 1. The predicted molar refractivity (Wildman–Crippen MR) is 105 cm³/mol. The molecule has 0 aliphatic carbocycles. The number of fused-ring (bicyclic) bond motifs is 1. The van der Waals surface area contributed by atoms with Crippen LogP contribution in [-0.4, -0.2) is 25.2 Å². The van der Waals surface area contributed by atoms with Crippen LogP contribution in [0.4, 0.5) is 10.8 Å². The molecule has 8 nitrogen and oxygen atoms in total. The van der Waals surface area contributed by atoms with Crippen molar-refractivity contribution in [3.05, 3.63) is 82.4 Å². The fraction of sp³-hybridized carbons (Fsp3) is 0.0556. The molecule has 0 bridgehead atoms. The Hall–Kier alpha value is -3.59. The number of nitro groups is 1. The van der Waals surface area contributed by atoms with E-state index in [2.05, 4.69) is 20.5 Å². The first-order valence-electron chi connectivity index (χ1n) is 8.03. The molecule has 0 saturated carbocycles. The SMILES string of the molecule is Cn1ccnc1C(=NNc1nc2ccccc2s1)c1cccc([N+](=O)[O-])c1. The summed E-state index contributed by atoms with van der Waals surface area (Å²) in [5, 5.41) is 16.2. The highest BCUT2D eigenvalue weighted by molar-refractivity contribution is 7.22. The van der Waals surface area contributed by atoms with Gasteiger partial charge in [-0.3, -0.25) is 15.5 Å². The smallest absolute Gasteiger partial charge is 0.270 e. The van der Waals surface area contributed by atoms with Crippen molar-refractivity contribution in [2.24, 2.45) is 12.1 Å². The van der Waals surface area contributed by atoms with E-state index in [0.717, 1.165) is 10.2 Å². The number of aromatic nitrogens is 3. The first-order valence-corrected chi connectivity index (χ1v) is 8.85. The minimum absolute atomic E-state index is 0.00519. The molecule has 134 valence electrons. The molecule has 2 heterocycles. The van der Waals surface area contributed by atoms with Crippen molar-refractivity contribution < 1.29 is 4.92 Å². The molecule has 1 N–H and O–H groups in total. The lowest BCUT2D eigenvalue weighted by atomic mass is 10.1. The lowest BCUT2D eigenvalue weighted by Crippen LogP contribution is -2.12. The largest absolute Gasteiger partial charge is 0.333 e. The van der Waals surface area contributed by atoms with E-state index in [9.17, 15) is 10.1 Å². The van der Waals surface area contributed by atoms with E-state index in [-0.39, 0.29) is 5.69 Å². The van der Waals surface area contributed by atoms with Crippen LogP contribution in [0, 0.1) is 10.1 Å². The molecule has 0 radical (unpaired) electrons. The van der Waals surface area contributed by atoms with Crippen LogP contribution < -0.4 is 5.43 Å². The molecular weight excluding hydrogens is 364 g/mol. The molecule has 0 amide bonds. The van der Waals surface area contributed by atoms with Crippen LogP contribution in [0.25, 0.3) is 10.2 Å². The van der Waals surface area contributed by atoms with Crippen LogP contribution in [0.15, 0.2) is 66.0 Å². The minimum Gasteiger partial charge on any atom is -0.333 e. The molecule has 0 atom stereocenters. The number of hydrazone groups is 1. The molecule has 0 aliphatic heterocycles. The minimum atomic E-state index is -0.430. The Labute approximate surface area is 158 Å². The van der Waals surface area contributed by atoms with Crippen molar-refractivity contribution in [3.63, 3.8) is 0 Å². The Morgan fingerprint density at radius 1 is 1.26 bits per heavy atom. The maximum absolute atomic E-state index is 11.1. The summed E-state index contributed by atoms with van der Waals surface area (Å²) in [5.41, 5.74) is 4.93. The molecule has 0 unspecified atom stereocenters. The summed E-state index contributed by atoms with van der Waals surface area (Å²) in [7, 11) is 1.84. The first-order chi connectivity index (χ1) is 13.1. The van der Waals surface area contributed by atoms with E-state index >= 15 is 0 Å². The number of nitrogens with one attached hydrogen (secondary N) is 1. The van der Waals surface area contributed by atoms with Gasteiger partial charge < -0.3 is 4.57 Å². The zero-order valence-corrected chi connectivity index (χ0v) is 15.1. The van der Waals surface area contributed by atoms with Gasteiger partial charge in [0.2, 0.25) is 5.13 Å². The first kappa shape index (κ1) is 16.9. The maximum Gasteiger partial charge on any atom is 0.270 e. The number of benzene rings is 2. The normalized spacial score (nSPS) is 11.7. The second-order valence-corrected chi connectivity index (χ2v) is 6.76. The fourth-order valence-electron chi connectivity index (χ4n) is 2.63. The third-order valence-corrected chi connectivity index (χ3v) is 4.86. The number of non-ortho nitro benzene ring substituents is 1. The highest BCUT2D eigenvalue weighted by atomic mass is 32.1. The Kier molecular flexibility index (Phi) is 4.35. The summed E-state index contributed by atoms with van der Waals surface area (Å²) in [4.78, 5) is 19.5. The number of rotatable bonds is 5. The van der Waals surface area contributed by atoms with Gasteiger partial charge in [-0.2, -0.15) is 5.10 Å². The highest BCUT2D eigenvalue weighted by Crippen LogP contribution is 2.25. The summed E-state index contributed by atoms with van der Waals surface area (Å²) >= 11 is 1.48. The van der Waals surface area contributed by atoms with Crippen molar-refractivity contribution in [1.82, 2.24) is 14.5 Å². The Balaban J connectivity index is 1.76. The van der Waals surface area contributed by atoms with Crippen LogP contribution in [0.1, 0.15) is 11.4 Å². The van der Waals surface area contributed by atoms with Crippen molar-refractivity contribution in [3.8, 4) is 0 Å². The van der Waals surface area contributed by atoms with Crippen LogP contribution in [0.2, 0.25) is 0 Å². The molecule has 4 aromatic rings. The van der Waals surface area contributed by atoms with Gasteiger partial charge in [0.15, 0.2) is 5.82 Å². The standard InChI is InChI=1S/C18H14N6O2S/c1-23-10-9-19-17(23)16(12-5-4-6-13(11-12)24(25)26)21-22-18-20-14-7-2-3-8-15(14)27-18/h2-11H,1H3,(H,20,22). The van der Waals surface area contributed by atoms with Gasteiger partial charge in [0.05, 0.1) is 15.1 Å². The molecule has 0 fully saturated rings. The van der Waals surface area contributed by atoms with E-state index in [1.807, 2.05) is 31.3 Å². The molecule has 27 heavy (non-hydrogen) atoms. The van der Waals surface area contributed by atoms with Gasteiger partial charge in [-0.05, 0) is 12.1 Å². The van der Waals surface area contributed by atoms with E-state index < -0.39 is 4.92 Å².